The summed E-state index contributed by atoms with van der Waals surface area (Å²) < 4.78 is 0. The number of hydrogen-bond donors (Lipinski definition) is 1. The van der Waals surface area contributed by atoms with Gasteiger partial charge in [-0.25, -0.2) is 0 Å². The Balaban J connectivity index is 2.32. The molecule has 0 aliphatic carbocycles. The van der Waals surface area contributed by atoms with Crippen molar-refractivity contribution in [3.05, 3.63) is 0 Å². The van der Waals surface area contributed by atoms with Gasteiger partial charge in [-0.3, -0.25) is 0 Å². The normalized spacial score (nSPS) is 23.8. The molecule has 0 aromatic rings. The molecule has 0 spiro atoms. The Hall–Kier alpha value is -0.0800. The predicted molar refractivity (Wildman–Crippen MR) is 81.0 cm³/mol. The third-order valence-corrected chi connectivity index (χ3v) is 5.15. The smallest absolute Gasteiger partial charge is 0.0105 e. The summed E-state index contributed by atoms with van der Waals surface area (Å²) in [6.07, 6.45) is 5.33. The van der Waals surface area contributed by atoms with Crippen LogP contribution in [0.15, 0.2) is 0 Å². The molecule has 2 heteroatoms. The largest absolute Gasteiger partial charge is 0.316 e. The zero-order chi connectivity index (χ0) is 13.6. The molecular formula is C16H34N2. The van der Waals surface area contributed by atoms with E-state index in [1.54, 1.807) is 0 Å². The molecule has 2 nitrogen and oxygen atoms in total. The van der Waals surface area contributed by atoms with E-state index in [0.717, 1.165) is 25.0 Å². The minimum absolute atomic E-state index is 0.611. The molecule has 2 atom stereocenters. The van der Waals surface area contributed by atoms with Crippen molar-refractivity contribution in [1.29, 1.82) is 0 Å². The van der Waals surface area contributed by atoms with E-state index in [1.807, 2.05) is 0 Å². The van der Waals surface area contributed by atoms with Crippen molar-refractivity contribution in [2.24, 2.45) is 11.3 Å². The van der Waals surface area contributed by atoms with Crippen molar-refractivity contribution in [2.75, 3.05) is 26.2 Å². The zero-order valence-electron chi connectivity index (χ0n) is 13.3. The number of rotatable bonds is 7. The van der Waals surface area contributed by atoms with E-state index >= 15 is 0 Å². The van der Waals surface area contributed by atoms with Gasteiger partial charge in [0.1, 0.15) is 0 Å². The van der Waals surface area contributed by atoms with E-state index < -0.39 is 0 Å². The number of hydrogen-bond acceptors (Lipinski definition) is 2. The second kappa shape index (κ2) is 7.49. The maximum atomic E-state index is 3.56. The molecule has 0 aromatic carbocycles. The molecule has 0 radical (unpaired) electrons. The lowest BCUT2D eigenvalue weighted by molar-refractivity contribution is 0.0668. The van der Waals surface area contributed by atoms with Crippen LogP contribution in [0.25, 0.3) is 0 Å². The van der Waals surface area contributed by atoms with Crippen LogP contribution in [0.1, 0.15) is 60.3 Å². The van der Waals surface area contributed by atoms with Crippen LogP contribution < -0.4 is 5.32 Å². The Kier molecular flexibility index (Phi) is 6.65. The Morgan fingerprint density at radius 1 is 1.17 bits per heavy atom. The number of nitrogens with zero attached hydrogens (tertiary/aromatic N) is 1. The maximum Gasteiger partial charge on any atom is 0.0105 e. The van der Waals surface area contributed by atoms with Crippen LogP contribution in [0.2, 0.25) is 0 Å². The summed E-state index contributed by atoms with van der Waals surface area (Å²) in [6, 6.07) is 0.718. The quantitative estimate of drug-likeness (QED) is 0.699. The highest BCUT2D eigenvalue weighted by Gasteiger charge is 2.31. The molecule has 0 bridgehead atoms. The summed E-state index contributed by atoms with van der Waals surface area (Å²) in [7, 11) is 0. The van der Waals surface area contributed by atoms with E-state index in [0.29, 0.717) is 5.41 Å². The lowest BCUT2D eigenvalue weighted by Crippen LogP contribution is -2.47. The average molecular weight is 254 g/mol. The first-order valence-electron chi connectivity index (χ1n) is 7.97. The van der Waals surface area contributed by atoms with Gasteiger partial charge in [0.25, 0.3) is 0 Å². The molecule has 2 unspecified atom stereocenters. The molecule has 0 amide bonds. The SMILES string of the molecule is CCCNCC(C)C(C)N1CCC(C)(CC)CC1. The summed E-state index contributed by atoms with van der Waals surface area (Å²) in [5.41, 5.74) is 0.611. The van der Waals surface area contributed by atoms with Gasteiger partial charge in [-0.1, -0.05) is 34.1 Å². The van der Waals surface area contributed by atoms with Gasteiger partial charge >= 0.3 is 0 Å². The standard InChI is InChI=1S/C16H34N2/c1-6-10-17-13-14(3)15(4)18-11-8-16(5,7-2)9-12-18/h14-15,17H,6-13H2,1-5H3. The van der Waals surface area contributed by atoms with E-state index in [9.17, 15) is 0 Å². The van der Waals surface area contributed by atoms with Crippen molar-refractivity contribution in [3.63, 3.8) is 0 Å². The minimum Gasteiger partial charge on any atom is -0.316 e. The molecule has 18 heavy (non-hydrogen) atoms. The van der Waals surface area contributed by atoms with Crippen molar-refractivity contribution >= 4 is 0 Å². The van der Waals surface area contributed by atoms with E-state index in [2.05, 4.69) is 44.8 Å². The zero-order valence-corrected chi connectivity index (χ0v) is 13.3. The van der Waals surface area contributed by atoms with Crippen molar-refractivity contribution in [2.45, 2.75) is 66.3 Å². The average Bonchev–Trinajstić information content (AvgIpc) is 2.39. The Labute approximate surface area is 115 Å². The van der Waals surface area contributed by atoms with Crippen LogP contribution >= 0.6 is 0 Å². The highest BCUT2D eigenvalue weighted by Crippen LogP contribution is 2.35. The molecule has 1 aliphatic rings. The highest BCUT2D eigenvalue weighted by atomic mass is 15.2. The molecular weight excluding hydrogens is 220 g/mol. The minimum atomic E-state index is 0.611. The van der Waals surface area contributed by atoms with Crippen LogP contribution in [0.4, 0.5) is 0 Å². The van der Waals surface area contributed by atoms with Crippen LogP contribution in [-0.2, 0) is 0 Å². The Bertz CT molecular complexity index is 219. The molecule has 1 saturated heterocycles. The number of nitrogens with one attached hydrogen (secondary N) is 1. The summed E-state index contributed by atoms with van der Waals surface area (Å²) in [6.45, 7) is 16.7. The molecule has 1 rings (SSSR count). The van der Waals surface area contributed by atoms with Crippen LogP contribution in [-0.4, -0.2) is 37.1 Å². The summed E-state index contributed by atoms with van der Waals surface area (Å²) in [4.78, 5) is 2.70. The molecule has 0 saturated carbocycles. The monoisotopic (exact) mass is 254 g/mol. The van der Waals surface area contributed by atoms with Crippen LogP contribution in [0, 0.1) is 11.3 Å². The van der Waals surface area contributed by atoms with Crippen molar-refractivity contribution < 1.29 is 0 Å². The van der Waals surface area contributed by atoms with Crippen molar-refractivity contribution in [1.82, 2.24) is 10.2 Å². The lowest BCUT2D eigenvalue weighted by atomic mass is 9.77. The third kappa shape index (κ3) is 4.55. The first-order valence-corrected chi connectivity index (χ1v) is 7.97. The van der Waals surface area contributed by atoms with Gasteiger partial charge in [-0.15, -0.1) is 0 Å². The first kappa shape index (κ1) is 16.0. The van der Waals surface area contributed by atoms with Gasteiger partial charge in [0, 0.05) is 6.04 Å². The third-order valence-electron chi connectivity index (χ3n) is 5.15. The fraction of sp³-hybridized carbons (Fsp3) is 1.00. The number of likely N-dealkylation sites (tertiary alicyclic amines) is 1. The topological polar surface area (TPSA) is 15.3 Å². The molecule has 1 heterocycles. The number of piperidine rings is 1. The van der Waals surface area contributed by atoms with Gasteiger partial charge in [0.2, 0.25) is 0 Å². The second-order valence-electron chi connectivity index (χ2n) is 6.62. The van der Waals surface area contributed by atoms with Crippen molar-refractivity contribution in [3.8, 4) is 0 Å². The van der Waals surface area contributed by atoms with Gasteiger partial charge in [-0.05, 0) is 63.7 Å². The fourth-order valence-electron chi connectivity index (χ4n) is 2.86. The van der Waals surface area contributed by atoms with Gasteiger partial charge in [-0.2, -0.15) is 0 Å². The van der Waals surface area contributed by atoms with Gasteiger partial charge in [0.05, 0.1) is 0 Å². The van der Waals surface area contributed by atoms with Gasteiger partial charge in [0.15, 0.2) is 0 Å². The first-order chi connectivity index (χ1) is 8.52. The molecule has 1 N–H and O–H groups in total. The Morgan fingerprint density at radius 2 is 1.78 bits per heavy atom. The Morgan fingerprint density at radius 3 is 2.28 bits per heavy atom. The van der Waals surface area contributed by atoms with Gasteiger partial charge < -0.3 is 10.2 Å². The maximum absolute atomic E-state index is 3.56. The lowest BCUT2D eigenvalue weighted by Gasteiger charge is -2.43. The summed E-state index contributed by atoms with van der Waals surface area (Å²) >= 11 is 0. The molecule has 108 valence electrons. The van der Waals surface area contributed by atoms with E-state index in [4.69, 9.17) is 0 Å². The second-order valence-corrected chi connectivity index (χ2v) is 6.62. The highest BCUT2D eigenvalue weighted by molar-refractivity contribution is 4.85. The summed E-state index contributed by atoms with van der Waals surface area (Å²) in [5.74, 6) is 0.752. The molecule has 1 aliphatic heterocycles. The van der Waals surface area contributed by atoms with Crippen LogP contribution in [0.3, 0.4) is 0 Å². The predicted octanol–water partition coefficient (Wildman–Crippen LogP) is 3.52. The molecule has 0 aromatic heterocycles. The van der Waals surface area contributed by atoms with Crippen LogP contribution in [0.5, 0.6) is 0 Å². The molecule has 1 fully saturated rings. The summed E-state index contributed by atoms with van der Waals surface area (Å²) in [5, 5.41) is 3.56. The fourth-order valence-corrected chi connectivity index (χ4v) is 2.86. The van der Waals surface area contributed by atoms with E-state index in [1.165, 1.54) is 38.8 Å². The van der Waals surface area contributed by atoms with E-state index in [-0.39, 0.29) is 0 Å².